The lowest BCUT2D eigenvalue weighted by atomic mass is 10.2. The van der Waals surface area contributed by atoms with Gasteiger partial charge in [0, 0.05) is 25.7 Å². The molecule has 1 aliphatic rings. The van der Waals surface area contributed by atoms with Crippen molar-refractivity contribution in [3.05, 3.63) is 40.7 Å². The highest BCUT2D eigenvalue weighted by Gasteiger charge is 2.24. The molecule has 0 saturated carbocycles. The fourth-order valence-electron chi connectivity index (χ4n) is 2.82. The largest absolute Gasteiger partial charge is 0.486 e. The molecule has 1 aromatic heterocycles. The summed E-state index contributed by atoms with van der Waals surface area (Å²) in [7, 11) is 1.87. The lowest BCUT2D eigenvalue weighted by molar-refractivity contribution is 0.0580. The van der Waals surface area contributed by atoms with Crippen LogP contribution in [0.2, 0.25) is 5.15 Å². The molecule has 1 aliphatic heterocycles. The molecular weight excluding hydrogens is 314 g/mol. The second kappa shape index (κ2) is 6.81. The van der Waals surface area contributed by atoms with Crippen molar-refractivity contribution in [3.8, 4) is 11.5 Å². The molecule has 0 bridgehead atoms. The van der Waals surface area contributed by atoms with Crippen LogP contribution in [0.1, 0.15) is 18.2 Å². The second-order valence-electron chi connectivity index (χ2n) is 5.80. The average molecular weight is 336 g/mol. The molecule has 0 radical (unpaired) electrons. The van der Waals surface area contributed by atoms with Crippen LogP contribution in [0.3, 0.4) is 0 Å². The van der Waals surface area contributed by atoms with E-state index < -0.39 is 0 Å². The van der Waals surface area contributed by atoms with Crippen LogP contribution in [0.4, 0.5) is 0 Å². The van der Waals surface area contributed by atoms with E-state index in [1.54, 1.807) is 4.68 Å². The fraction of sp³-hybridized carbons (Fsp3) is 0.471. The molecule has 3 rings (SSSR count). The highest BCUT2D eigenvalue weighted by Crippen LogP contribution is 2.31. The van der Waals surface area contributed by atoms with E-state index in [0.717, 1.165) is 42.4 Å². The zero-order chi connectivity index (χ0) is 16.4. The monoisotopic (exact) mass is 335 g/mol. The molecule has 2 heterocycles. The molecule has 5 nitrogen and oxygen atoms in total. The van der Waals surface area contributed by atoms with E-state index in [1.807, 2.05) is 38.2 Å². The van der Waals surface area contributed by atoms with Gasteiger partial charge in [0.25, 0.3) is 0 Å². The third kappa shape index (κ3) is 3.46. The first-order valence-electron chi connectivity index (χ1n) is 7.87. The zero-order valence-electron chi connectivity index (χ0n) is 13.8. The zero-order valence-corrected chi connectivity index (χ0v) is 14.5. The Hall–Kier alpha value is -1.72. The number of benzene rings is 1. The summed E-state index contributed by atoms with van der Waals surface area (Å²) in [5.74, 6) is 1.63. The molecule has 0 N–H and O–H groups in total. The van der Waals surface area contributed by atoms with Crippen molar-refractivity contribution in [2.75, 3.05) is 19.7 Å². The van der Waals surface area contributed by atoms with Crippen LogP contribution < -0.4 is 9.47 Å². The van der Waals surface area contributed by atoms with E-state index in [0.29, 0.717) is 11.8 Å². The summed E-state index contributed by atoms with van der Waals surface area (Å²) in [6.07, 6.45) is 0.0144. The molecule has 124 valence electrons. The van der Waals surface area contributed by atoms with Crippen molar-refractivity contribution < 1.29 is 9.47 Å². The quantitative estimate of drug-likeness (QED) is 0.842. The number of likely N-dealkylation sites (N-methyl/N-ethyl adjacent to an activating group) is 1. The number of aryl methyl sites for hydroxylation is 2. The molecule has 6 heteroatoms. The topological polar surface area (TPSA) is 39.5 Å². The molecule has 0 spiro atoms. The van der Waals surface area contributed by atoms with Gasteiger partial charge in [-0.2, -0.15) is 5.10 Å². The highest BCUT2D eigenvalue weighted by molar-refractivity contribution is 6.30. The lowest BCUT2D eigenvalue weighted by Gasteiger charge is -2.30. The Labute approximate surface area is 141 Å². The van der Waals surface area contributed by atoms with Crippen molar-refractivity contribution in [2.24, 2.45) is 7.05 Å². The van der Waals surface area contributed by atoms with Crippen LogP contribution >= 0.6 is 11.6 Å². The number of para-hydroxylation sites is 2. The highest BCUT2D eigenvalue weighted by atomic mass is 35.5. The number of ether oxygens (including phenoxy) is 2. The average Bonchev–Trinajstić information content (AvgIpc) is 2.80. The third-order valence-corrected chi connectivity index (χ3v) is 4.60. The number of halogens is 1. The molecule has 0 saturated heterocycles. The number of aromatic nitrogens is 2. The first-order valence-corrected chi connectivity index (χ1v) is 8.25. The van der Waals surface area contributed by atoms with E-state index in [4.69, 9.17) is 21.1 Å². The van der Waals surface area contributed by atoms with Crippen molar-refractivity contribution in [2.45, 2.75) is 26.5 Å². The van der Waals surface area contributed by atoms with Gasteiger partial charge in [-0.15, -0.1) is 0 Å². The number of nitrogens with zero attached hydrogens (tertiary/aromatic N) is 3. The van der Waals surface area contributed by atoms with E-state index in [9.17, 15) is 0 Å². The predicted molar refractivity (Wildman–Crippen MR) is 90.3 cm³/mol. The van der Waals surface area contributed by atoms with Crippen LogP contribution in [0, 0.1) is 6.92 Å². The molecule has 1 aromatic carbocycles. The van der Waals surface area contributed by atoms with Crippen LogP contribution in [-0.2, 0) is 13.6 Å². The number of hydrogen-bond acceptors (Lipinski definition) is 4. The maximum Gasteiger partial charge on any atom is 0.161 e. The Bertz CT molecular complexity index is 686. The summed E-state index contributed by atoms with van der Waals surface area (Å²) in [5, 5.41) is 5.08. The van der Waals surface area contributed by atoms with Crippen LogP contribution in [0.15, 0.2) is 24.3 Å². The number of rotatable bonds is 5. The molecular formula is C17H22ClN3O2. The normalized spacial score (nSPS) is 16.8. The Morgan fingerprint density at radius 1 is 1.35 bits per heavy atom. The summed E-state index contributed by atoms with van der Waals surface area (Å²) < 4.78 is 13.6. The first kappa shape index (κ1) is 16.1. The minimum Gasteiger partial charge on any atom is -0.486 e. The Morgan fingerprint density at radius 3 is 2.74 bits per heavy atom. The van der Waals surface area contributed by atoms with E-state index in [1.165, 1.54) is 0 Å². The van der Waals surface area contributed by atoms with Crippen LogP contribution in [0.5, 0.6) is 11.5 Å². The number of fused-ring (bicyclic) bond motifs is 1. The smallest absolute Gasteiger partial charge is 0.161 e. The Balaban J connectivity index is 1.66. The van der Waals surface area contributed by atoms with Crippen molar-refractivity contribution in [3.63, 3.8) is 0 Å². The third-order valence-electron chi connectivity index (χ3n) is 4.13. The predicted octanol–water partition coefficient (Wildman–Crippen LogP) is 3.04. The summed E-state index contributed by atoms with van der Waals surface area (Å²) >= 11 is 6.34. The molecule has 0 fully saturated rings. The van der Waals surface area contributed by atoms with Gasteiger partial charge >= 0.3 is 0 Å². The molecule has 23 heavy (non-hydrogen) atoms. The van der Waals surface area contributed by atoms with Gasteiger partial charge in [-0.3, -0.25) is 9.58 Å². The van der Waals surface area contributed by atoms with Crippen LogP contribution in [-0.4, -0.2) is 40.5 Å². The van der Waals surface area contributed by atoms with Crippen molar-refractivity contribution in [1.82, 2.24) is 14.7 Å². The molecule has 1 atom stereocenters. The second-order valence-corrected chi connectivity index (χ2v) is 6.16. The molecule has 2 aromatic rings. The van der Waals surface area contributed by atoms with Gasteiger partial charge < -0.3 is 9.47 Å². The minimum absolute atomic E-state index is 0.0144. The maximum atomic E-state index is 6.34. The van der Waals surface area contributed by atoms with Crippen molar-refractivity contribution >= 4 is 11.6 Å². The van der Waals surface area contributed by atoms with Gasteiger partial charge in [-0.25, -0.2) is 0 Å². The molecule has 1 unspecified atom stereocenters. The number of hydrogen-bond donors (Lipinski definition) is 0. The van der Waals surface area contributed by atoms with Gasteiger partial charge in [0.05, 0.1) is 5.69 Å². The molecule has 0 amide bonds. The summed E-state index contributed by atoms with van der Waals surface area (Å²) in [6, 6.07) is 7.79. The summed E-state index contributed by atoms with van der Waals surface area (Å²) in [5.41, 5.74) is 2.05. The van der Waals surface area contributed by atoms with Crippen LogP contribution in [0.25, 0.3) is 0 Å². The van der Waals surface area contributed by atoms with Crippen molar-refractivity contribution in [1.29, 1.82) is 0 Å². The summed E-state index contributed by atoms with van der Waals surface area (Å²) in [4.78, 5) is 2.30. The van der Waals surface area contributed by atoms with Gasteiger partial charge in [-0.1, -0.05) is 30.7 Å². The van der Waals surface area contributed by atoms with E-state index in [2.05, 4.69) is 16.9 Å². The standard InChI is InChI=1S/C17H22ClN3O2/c1-4-21(10-14-12(2)19-20(3)17(14)18)9-13-11-22-15-7-5-6-8-16(15)23-13/h5-8,13H,4,9-11H2,1-3H3. The Morgan fingerprint density at radius 2 is 2.09 bits per heavy atom. The van der Waals surface area contributed by atoms with Gasteiger partial charge in [-0.05, 0) is 25.6 Å². The van der Waals surface area contributed by atoms with E-state index >= 15 is 0 Å². The maximum absolute atomic E-state index is 6.34. The first-order chi connectivity index (χ1) is 11.1. The van der Waals surface area contributed by atoms with Gasteiger partial charge in [0.2, 0.25) is 0 Å². The Kier molecular flexibility index (Phi) is 4.78. The van der Waals surface area contributed by atoms with E-state index in [-0.39, 0.29) is 6.10 Å². The van der Waals surface area contributed by atoms with Gasteiger partial charge in [0.1, 0.15) is 17.9 Å². The van der Waals surface area contributed by atoms with Gasteiger partial charge in [0.15, 0.2) is 11.5 Å². The lowest BCUT2D eigenvalue weighted by Crippen LogP contribution is -2.40. The minimum atomic E-state index is 0.0144. The molecule has 0 aliphatic carbocycles. The summed E-state index contributed by atoms with van der Waals surface area (Å²) in [6.45, 7) is 7.15. The fourth-order valence-corrected chi connectivity index (χ4v) is 3.06. The SMILES string of the molecule is CCN(Cc1c(C)nn(C)c1Cl)CC1COc2ccccc2O1.